The summed E-state index contributed by atoms with van der Waals surface area (Å²) in [7, 11) is 1.71. The van der Waals surface area contributed by atoms with Gasteiger partial charge in [-0.05, 0) is 31.6 Å². The number of methoxy groups -OCH3 is 1. The van der Waals surface area contributed by atoms with Crippen LogP contribution in [0.4, 0.5) is 0 Å². The topological polar surface area (TPSA) is 26.3 Å². The van der Waals surface area contributed by atoms with E-state index in [4.69, 9.17) is 4.74 Å². The lowest BCUT2D eigenvalue weighted by atomic mass is 9.85. The second kappa shape index (κ2) is 8.73. The molecule has 1 aliphatic carbocycles. The van der Waals surface area contributed by atoms with Crippen LogP contribution < -0.4 is 0 Å². The van der Waals surface area contributed by atoms with Crippen molar-refractivity contribution in [2.24, 2.45) is 5.92 Å². The molecule has 0 heterocycles. The van der Waals surface area contributed by atoms with Gasteiger partial charge in [-0.1, -0.05) is 52.4 Å². The van der Waals surface area contributed by atoms with Gasteiger partial charge in [-0.25, -0.2) is 0 Å². The number of unbranched alkanes of at least 4 members (excludes halogenated alkanes) is 6. The Kier molecular flexibility index (Phi) is 7.67. The summed E-state index contributed by atoms with van der Waals surface area (Å²) in [4.78, 5) is 12.4. The van der Waals surface area contributed by atoms with E-state index in [1.165, 1.54) is 38.5 Å². The first kappa shape index (κ1) is 16.7. The van der Waals surface area contributed by atoms with Crippen molar-refractivity contribution in [3.8, 4) is 0 Å². The molecule has 0 bridgehead atoms. The predicted octanol–water partition coefficient (Wildman–Crippen LogP) is 4.90. The monoisotopic (exact) mass is 268 g/mol. The van der Waals surface area contributed by atoms with Crippen LogP contribution in [0.25, 0.3) is 0 Å². The Morgan fingerprint density at radius 1 is 1.16 bits per heavy atom. The third kappa shape index (κ3) is 4.59. The third-order valence-electron chi connectivity index (χ3n) is 4.82. The fraction of sp³-hybridized carbons (Fsp3) is 0.941. The van der Waals surface area contributed by atoms with Crippen molar-refractivity contribution < 1.29 is 9.53 Å². The quantitative estimate of drug-likeness (QED) is 0.527. The smallest absolute Gasteiger partial charge is 0.164 e. The molecule has 1 saturated carbocycles. The number of ketones is 1. The van der Waals surface area contributed by atoms with Gasteiger partial charge in [0, 0.05) is 13.5 Å². The highest BCUT2D eigenvalue weighted by Gasteiger charge is 2.45. The maximum absolute atomic E-state index is 12.4. The molecule has 19 heavy (non-hydrogen) atoms. The van der Waals surface area contributed by atoms with Gasteiger partial charge in [0.2, 0.25) is 0 Å². The Morgan fingerprint density at radius 2 is 1.79 bits per heavy atom. The molecule has 0 N–H and O–H groups in total. The lowest BCUT2D eigenvalue weighted by Gasteiger charge is -2.30. The second-order valence-electron chi connectivity index (χ2n) is 6.18. The van der Waals surface area contributed by atoms with Gasteiger partial charge < -0.3 is 4.74 Å². The standard InChI is InChI=1S/C17H32O2/c1-4-5-6-7-8-9-10-13-16(18)17(19-3)14-11-12-15(17)2/h15H,4-14H2,1-3H3. The summed E-state index contributed by atoms with van der Waals surface area (Å²) in [5.74, 6) is 0.753. The zero-order valence-electron chi connectivity index (χ0n) is 13.2. The SMILES string of the molecule is CCCCCCCCCC(=O)C1(OC)CCCC1C. The van der Waals surface area contributed by atoms with E-state index in [-0.39, 0.29) is 0 Å². The van der Waals surface area contributed by atoms with Gasteiger partial charge in [0.15, 0.2) is 5.78 Å². The molecule has 0 amide bonds. The van der Waals surface area contributed by atoms with Crippen LogP contribution in [0.1, 0.15) is 84.5 Å². The van der Waals surface area contributed by atoms with Crippen LogP contribution in [-0.2, 0) is 9.53 Å². The largest absolute Gasteiger partial charge is 0.370 e. The lowest BCUT2D eigenvalue weighted by Crippen LogP contribution is -2.43. The van der Waals surface area contributed by atoms with Crippen molar-refractivity contribution in [2.75, 3.05) is 7.11 Å². The van der Waals surface area contributed by atoms with Crippen molar-refractivity contribution in [3.63, 3.8) is 0 Å². The molecule has 1 fully saturated rings. The summed E-state index contributed by atoms with van der Waals surface area (Å²) in [6, 6.07) is 0. The van der Waals surface area contributed by atoms with E-state index in [0.717, 1.165) is 25.7 Å². The highest BCUT2D eigenvalue weighted by atomic mass is 16.5. The van der Waals surface area contributed by atoms with E-state index < -0.39 is 5.60 Å². The molecule has 0 saturated heterocycles. The van der Waals surface area contributed by atoms with Crippen LogP contribution in [0.2, 0.25) is 0 Å². The van der Waals surface area contributed by atoms with E-state index in [9.17, 15) is 4.79 Å². The van der Waals surface area contributed by atoms with E-state index >= 15 is 0 Å². The minimum atomic E-state index is -0.442. The molecule has 0 aromatic heterocycles. The Morgan fingerprint density at radius 3 is 2.32 bits per heavy atom. The molecule has 0 spiro atoms. The molecule has 1 aliphatic rings. The van der Waals surface area contributed by atoms with Crippen molar-refractivity contribution in [1.82, 2.24) is 0 Å². The Balaban J connectivity index is 2.19. The Bertz CT molecular complexity index is 262. The summed E-state index contributed by atoms with van der Waals surface area (Å²) >= 11 is 0. The summed E-state index contributed by atoms with van der Waals surface area (Å²) in [5, 5.41) is 0. The van der Waals surface area contributed by atoms with Crippen LogP contribution in [0.15, 0.2) is 0 Å². The first-order chi connectivity index (χ1) is 9.17. The molecule has 2 heteroatoms. The molecule has 0 aliphatic heterocycles. The zero-order valence-corrected chi connectivity index (χ0v) is 13.2. The van der Waals surface area contributed by atoms with Crippen LogP contribution in [0.3, 0.4) is 0 Å². The maximum atomic E-state index is 12.4. The first-order valence-corrected chi connectivity index (χ1v) is 8.25. The van der Waals surface area contributed by atoms with Crippen LogP contribution in [0.5, 0.6) is 0 Å². The number of rotatable bonds is 10. The first-order valence-electron chi connectivity index (χ1n) is 8.25. The van der Waals surface area contributed by atoms with E-state index in [2.05, 4.69) is 13.8 Å². The van der Waals surface area contributed by atoms with Crippen molar-refractivity contribution in [2.45, 2.75) is 90.1 Å². The minimum Gasteiger partial charge on any atom is -0.370 e. The van der Waals surface area contributed by atoms with Crippen LogP contribution in [-0.4, -0.2) is 18.5 Å². The minimum absolute atomic E-state index is 0.355. The highest BCUT2D eigenvalue weighted by Crippen LogP contribution is 2.39. The molecule has 2 nitrogen and oxygen atoms in total. The highest BCUT2D eigenvalue weighted by molar-refractivity contribution is 5.88. The lowest BCUT2D eigenvalue weighted by molar-refractivity contribution is -0.145. The summed E-state index contributed by atoms with van der Waals surface area (Å²) in [5.41, 5.74) is -0.442. The van der Waals surface area contributed by atoms with E-state index in [0.29, 0.717) is 18.1 Å². The van der Waals surface area contributed by atoms with Gasteiger partial charge in [-0.15, -0.1) is 0 Å². The Labute approximate surface area is 119 Å². The fourth-order valence-electron chi connectivity index (χ4n) is 3.44. The predicted molar refractivity (Wildman–Crippen MR) is 80.4 cm³/mol. The van der Waals surface area contributed by atoms with Gasteiger partial charge in [0.1, 0.15) is 5.60 Å². The number of hydrogen-bond donors (Lipinski definition) is 0. The van der Waals surface area contributed by atoms with Crippen LogP contribution in [0, 0.1) is 5.92 Å². The molecule has 0 aromatic rings. The van der Waals surface area contributed by atoms with E-state index in [1.54, 1.807) is 7.11 Å². The molecule has 112 valence electrons. The fourth-order valence-corrected chi connectivity index (χ4v) is 3.44. The average Bonchev–Trinajstić information content (AvgIpc) is 2.79. The van der Waals surface area contributed by atoms with Crippen molar-refractivity contribution in [1.29, 1.82) is 0 Å². The second-order valence-corrected chi connectivity index (χ2v) is 6.18. The molecular formula is C17H32O2. The van der Waals surface area contributed by atoms with E-state index in [1.807, 2.05) is 0 Å². The summed E-state index contributed by atoms with van der Waals surface area (Å²) < 4.78 is 5.63. The summed E-state index contributed by atoms with van der Waals surface area (Å²) in [6.07, 6.45) is 12.8. The Hall–Kier alpha value is -0.370. The molecule has 2 atom stereocenters. The van der Waals surface area contributed by atoms with Gasteiger partial charge in [0.05, 0.1) is 0 Å². The summed E-state index contributed by atoms with van der Waals surface area (Å²) in [6.45, 7) is 4.41. The molecule has 0 radical (unpaired) electrons. The molecule has 0 aromatic carbocycles. The van der Waals surface area contributed by atoms with Gasteiger partial charge >= 0.3 is 0 Å². The van der Waals surface area contributed by atoms with Gasteiger partial charge in [0.25, 0.3) is 0 Å². The van der Waals surface area contributed by atoms with Crippen molar-refractivity contribution >= 4 is 5.78 Å². The molecule has 1 rings (SSSR count). The van der Waals surface area contributed by atoms with Crippen molar-refractivity contribution in [3.05, 3.63) is 0 Å². The number of hydrogen-bond acceptors (Lipinski definition) is 2. The molecular weight excluding hydrogens is 236 g/mol. The number of carbonyl (C=O) groups excluding carboxylic acids is 1. The maximum Gasteiger partial charge on any atom is 0.164 e. The van der Waals surface area contributed by atoms with Crippen LogP contribution >= 0.6 is 0 Å². The number of carbonyl (C=O) groups is 1. The zero-order chi connectivity index (χ0) is 14.1. The number of ether oxygens (including phenoxy) is 1. The van der Waals surface area contributed by atoms with Gasteiger partial charge in [-0.2, -0.15) is 0 Å². The number of Topliss-reactive ketones (excluding diaryl/α,β-unsaturated/α-hetero) is 1. The normalized spacial score (nSPS) is 26.8. The third-order valence-corrected chi connectivity index (χ3v) is 4.82. The average molecular weight is 268 g/mol. The van der Waals surface area contributed by atoms with Gasteiger partial charge in [-0.3, -0.25) is 4.79 Å². The molecule has 2 unspecified atom stereocenters.